The second-order valence-electron chi connectivity index (χ2n) is 5.33. The third kappa shape index (κ3) is 1.96. The van der Waals surface area contributed by atoms with Crippen molar-refractivity contribution in [1.29, 1.82) is 0 Å². The van der Waals surface area contributed by atoms with Crippen molar-refractivity contribution in [3.05, 3.63) is 0 Å². The Morgan fingerprint density at radius 2 is 1.79 bits per heavy atom. The number of rotatable bonds is 4. The second kappa shape index (κ2) is 4.19. The summed E-state index contributed by atoms with van der Waals surface area (Å²) in [6, 6.07) is 0.826. The van der Waals surface area contributed by atoms with E-state index in [1.807, 2.05) is 0 Å². The van der Waals surface area contributed by atoms with Gasteiger partial charge in [-0.15, -0.1) is 0 Å². The molecule has 0 bridgehead atoms. The van der Waals surface area contributed by atoms with E-state index in [1.165, 1.54) is 51.5 Å². The summed E-state index contributed by atoms with van der Waals surface area (Å²) in [5, 5.41) is 3.76. The molecular weight excluding hydrogens is 172 g/mol. The predicted octanol–water partition coefficient (Wildman–Crippen LogP) is 2.00. The maximum absolute atomic E-state index is 3.76. The molecule has 2 rings (SSSR count). The van der Waals surface area contributed by atoms with Crippen LogP contribution in [0.3, 0.4) is 0 Å². The summed E-state index contributed by atoms with van der Waals surface area (Å²) in [6.45, 7) is 1.21. The summed E-state index contributed by atoms with van der Waals surface area (Å²) >= 11 is 0. The monoisotopic (exact) mass is 196 g/mol. The molecule has 0 heterocycles. The lowest BCUT2D eigenvalue weighted by Crippen LogP contribution is -2.57. The molecule has 2 aliphatic rings. The van der Waals surface area contributed by atoms with Gasteiger partial charge in [-0.05, 0) is 46.2 Å². The van der Waals surface area contributed by atoms with Crippen molar-refractivity contribution in [2.45, 2.75) is 56.5 Å². The van der Waals surface area contributed by atoms with Crippen LogP contribution in [-0.2, 0) is 0 Å². The normalized spacial score (nSPS) is 26.8. The van der Waals surface area contributed by atoms with Crippen LogP contribution in [0, 0.1) is 0 Å². The van der Waals surface area contributed by atoms with E-state index in [0.717, 1.165) is 6.04 Å². The van der Waals surface area contributed by atoms with Crippen molar-refractivity contribution >= 4 is 0 Å². The topological polar surface area (TPSA) is 15.3 Å². The fourth-order valence-corrected chi connectivity index (χ4v) is 2.83. The fourth-order valence-electron chi connectivity index (χ4n) is 2.83. The summed E-state index contributed by atoms with van der Waals surface area (Å²) in [4.78, 5) is 2.43. The van der Waals surface area contributed by atoms with Gasteiger partial charge >= 0.3 is 0 Å². The van der Waals surface area contributed by atoms with Crippen LogP contribution < -0.4 is 5.32 Å². The summed E-state index contributed by atoms with van der Waals surface area (Å²) in [7, 11) is 4.46. The molecule has 2 heteroatoms. The Morgan fingerprint density at radius 1 is 1.14 bits per heavy atom. The van der Waals surface area contributed by atoms with E-state index >= 15 is 0 Å². The number of hydrogen-bond acceptors (Lipinski definition) is 2. The van der Waals surface area contributed by atoms with E-state index in [2.05, 4.69) is 24.3 Å². The van der Waals surface area contributed by atoms with Gasteiger partial charge in [-0.1, -0.05) is 12.8 Å². The molecule has 2 nitrogen and oxygen atoms in total. The first-order valence-electron chi connectivity index (χ1n) is 6.14. The second-order valence-corrected chi connectivity index (χ2v) is 5.33. The largest absolute Gasteiger partial charge is 0.312 e. The van der Waals surface area contributed by atoms with Crippen LogP contribution >= 0.6 is 0 Å². The average Bonchev–Trinajstić information content (AvgIpc) is 2.53. The highest BCUT2D eigenvalue weighted by molar-refractivity contribution is 4.98. The van der Waals surface area contributed by atoms with Crippen molar-refractivity contribution in [1.82, 2.24) is 10.2 Å². The molecule has 0 aromatic heterocycles. The molecule has 0 aliphatic heterocycles. The highest BCUT2D eigenvalue weighted by Crippen LogP contribution is 2.35. The number of likely N-dealkylation sites (N-methyl/N-ethyl adjacent to an activating group) is 1. The smallest absolute Gasteiger partial charge is 0.0328 e. The summed E-state index contributed by atoms with van der Waals surface area (Å²) < 4.78 is 0. The lowest BCUT2D eigenvalue weighted by molar-refractivity contribution is 0.0573. The summed E-state index contributed by atoms with van der Waals surface area (Å²) in [6.07, 6.45) is 9.89. The Labute approximate surface area is 88.1 Å². The first kappa shape index (κ1) is 10.4. The molecule has 1 N–H and O–H groups in total. The van der Waals surface area contributed by atoms with Crippen molar-refractivity contribution in [3.8, 4) is 0 Å². The molecule has 82 valence electrons. The highest BCUT2D eigenvalue weighted by atomic mass is 15.2. The average molecular weight is 196 g/mol. The van der Waals surface area contributed by atoms with Crippen molar-refractivity contribution in [2.24, 2.45) is 0 Å². The maximum atomic E-state index is 3.76. The van der Waals surface area contributed by atoms with Crippen molar-refractivity contribution in [3.63, 3.8) is 0 Å². The van der Waals surface area contributed by atoms with Crippen LogP contribution in [0.1, 0.15) is 44.9 Å². The van der Waals surface area contributed by atoms with Crippen LogP contribution in [0.2, 0.25) is 0 Å². The van der Waals surface area contributed by atoms with E-state index in [0.29, 0.717) is 5.54 Å². The van der Waals surface area contributed by atoms with Crippen LogP contribution in [0.15, 0.2) is 0 Å². The molecule has 14 heavy (non-hydrogen) atoms. The number of hydrogen-bond donors (Lipinski definition) is 1. The van der Waals surface area contributed by atoms with Crippen molar-refractivity contribution < 1.29 is 0 Å². The Hall–Kier alpha value is -0.0800. The summed E-state index contributed by atoms with van der Waals surface area (Å²) in [5.41, 5.74) is 0.503. The van der Waals surface area contributed by atoms with E-state index in [1.54, 1.807) is 0 Å². The minimum Gasteiger partial charge on any atom is -0.312 e. The SMILES string of the molecule is CN(C)C1(CNC2CCCC2)CCC1. The molecule has 0 spiro atoms. The predicted molar refractivity (Wildman–Crippen MR) is 60.5 cm³/mol. The van der Waals surface area contributed by atoms with Gasteiger partial charge in [-0.2, -0.15) is 0 Å². The molecule has 0 amide bonds. The van der Waals surface area contributed by atoms with E-state index in [-0.39, 0.29) is 0 Å². The summed E-state index contributed by atoms with van der Waals surface area (Å²) in [5.74, 6) is 0. The molecular formula is C12H24N2. The van der Waals surface area contributed by atoms with Gasteiger partial charge in [-0.25, -0.2) is 0 Å². The van der Waals surface area contributed by atoms with Gasteiger partial charge in [0.25, 0.3) is 0 Å². The van der Waals surface area contributed by atoms with Crippen molar-refractivity contribution in [2.75, 3.05) is 20.6 Å². The first-order valence-corrected chi connectivity index (χ1v) is 6.14. The molecule has 2 saturated carbocycles. The van der Waals surface area contributed by atoms with E-state index in [9.17, 15) is 0 Å². The highest BCUT2D eigenvalue weighted by Gasteiger charge is 2.39. The quantitative estimate of drug-likeness (QED) is 0.740. The van der Waals surface area contributed by atoms with Gasteiger partial charge < -0.3 is 10.2 Å². The maximum Gasteiger partial charge on any atom is 0.0328 e. The lowest BCUT2D eigenvalue weighted by atomic mass is 9.75. The molecule has 0 aromatic carbocycles. The van der Waals surface area contributed by atoms with Gasteiger partial charge in [0.1, 0.15) is 0 Å². The number of nitrogens with one attached hydrogen (secondary N) is 1. The van der Waals surface area contributed by atoms with E-state index < -0.39 is 0 Å². The van der Waals surface area contributed by atoms with Crippen LogP contribution in [-0.4, -0.2) is 37.1 Å². The molecule has 2 fully saturated rings. The molecule has 0 saturated heterocycles. The van der Waals surface area contributed by atoms with Gasteiger partial charge in [0, 0.05) is 18.1 Å². The first-order chi connectivity index (χ1) is 6.73. The Bertz CT molecular complexity index is 179. The Morgan fingerprint density at radius 3 is 2.21 bits per heavy atom. The molecule has 0 atom stereocenters. The van der Waals surface area contributed by atoms with Gasteiger partial charge in [0.15, 0.2) is 0 Å². The number of nitrogens with zero attached hydrogens (tertiary/aromatic N) is 1. The van der Waals surface area contributed by atoms with Crippen LogP contribution in [0.25, 0.3) is 0 Å². The van der Waals surface area contributed by atoms with Gasteiger partial charge in [0.05, 0.1) is 0 Å². The fraction of sp³-hybridized carbons (Fsp3) is 1.00. The van der Waals surface area contributed by atoms with Crippen LogP contribution in [0.5, 0.6) is 0 Å². The van der Waals surface area contributed by atoms with Gasteiger partial charge in [0.2, 0.25) is 0 Å². The lowest BCUT2D eigenvalue weighted by Gasteiger charge is -2.48. The third-order valence-electron chi connectivity index (χ3n) is 4.31. The standard InChI is InChI=1S/C12H24N2/c1-14(2)12(8-5-9-12)10-13-11-6-3-4-7-11/h11,13H,3-10H2,1-2H3. The molecule has 0 aromatic rings. The van der Waals surface area contributed by atoms with Crippen LogP contribution in [0.4, 0.5) is 0 Å². The third-order valence-corrected chi connectivity index (χ3v) is 4.31. The molecule has 0 radical (unpaired) electrons. The zero-order valence-corrected chi connectivity index (χ0v) is 9.68. The molecule has 0 unspecified atom stereocenters. The van der Waals surface area contributed by atoms with Gasteiger partial charge in [-0.3, -0.25) is 0 Å². The van der Waals surface area contributed by atoms with E-state index in [4.69, 9.17) is 0 Å². The zero-order valence-electron chi connectivity index (χ0n) is 9.68. The zero-order chi connectivity index (χ0) is 10.0. The Kier molecular flexibility index (Phi) is 3.13. The minimum absolute atomic E-state index is 0.503. The Balaban J connectivity index is 1.77. The minimum atomic E-state index is 0.503. The molecule has 2 aliphatic carbocycles.